The highest BCUT2D eigenvalue weighted by atomic mass is 31.2. The van der Waals surface area contributed by atoms with E-state index in [0.29, 0.717) is 16.7 Å². The molecule has 0 saturated carbocycles. The maximum atomic E-state index is 16.2. The summed E-state index contributed by atoms with van der Waals surface area (Å²) in [6, 6.07) is 30.6. The molecular formula is C39H43F2O6P. The number of carbonyl (C=O) groups excluding carboxylic acids is 2. The van der Waals surface area contributed by atoms with Gasteiger partial charge in [-0.15, -0.1) is 0 Å². The minimum Gasteiger partial charge on any atom is -0.465 e. The average molecular weight is 677 g/mol. The molecule has 1 unspecified atom stereocenters. The summed E-state index contributed by atoms with van der Waals surface area (Å²) < 4.78 is 61.9. The number of rotatable bonds is 12. The summed E-state index contributed by atoms with van der Waals surface area (Å²) in [4.78, 5) is 26.8. The summed E-state index contributed by atoms with van der Waals surface area (Å²) in [6.45, 7) is 9.25. The molecule has 0 radical (unpaired) electrons. The van der Waals surface area contributed by atoms with Crippen LogP contribution in [0.15, 0.2) is 109 Å². The number of carbonyl (C=O) groups is 2. The number of hydrogen-bond donors (Lipinski definition) is 0. The number of halogens is 2. The summed E-state index contributed by atoms with van der Waals surface area (Å²) in [7, 11) is -3.72. The van der Waals surface area contributed by atoms with Crippen molar-refractivity contribution in [3.8, 4) is 0 Å². The minimum atomic E-state index is -5.03. The Morgan fingerprint density at radius 3 is 1.48 bits per heavy atom. The van der Waals surface area contributed by atoms with E-state index in [-0.39, 0.29) is 18.6 Å². The van der Waals surface area contributed by atoms with Crippen LogP contribution in [0.25, 0.3) is 0 Å². The number of ketones is 1. The van der Waals surface area contributed by atoms with E-state index < -0.39 is 41.4 Å². The van der Waals surface area contributed by atoms with E-state index in [4.69, 9.17) is 13.8 Å². The van der Waals surface area contributed by atoms with Gasteiger partial charge in [0.2, 0.25) is 0 Å². The monoisotopic (exact) mass is 676 g/mol. The lowest BCUT2D eigenvalue weighted by Gasteiger charge is -2.36. The number of esters is 1. The Morgan fingerprint density at radius 1 is 0.604 bits per heavy atom. The van der Waals surface area contributed by atoms with Crippen LogP contribution < -0.4 is 0 Å². The molecule has 9 heteroatoms. The van der Waals surface area contributed by atoms with Gasteiger partial charge in [-0.25, -0.2) is 4.79 Å². The lowest BCUT2D eigenvalue weighted by molar-refractivity contribution is -0.0213. The van der Waals surface area contributed by atoms with Crippen molar-refractivity contribution in [2.45, 2.75) is 76.7 Å². The first-order valence-electron chi connectivity index (χ1n) is 15.7. The molecular weight excluding hydrogens is 633 g/mol. The predicted octanol–water partition coefficient (Wildman–Crippen LogP) is 9.95. The maximum absolute atomic E-state index is 16.2. The number of ether oxygens (including phenoxy) is 1. The molecule has 0 aliphatic heterocycles. The van der Waals surface area contributed by atoms with Crippen molar-refractivity contribution in [3.63, 3.8) is 0 Å². The van der Waals surface area contributed by atoms with E-state index in [1.165, 1.54) is 31.4 Å². The van der Waals surface area contributed by atoms with Gasteiger partial charge in [-0.05, 0) is 83.2 Å². The molecule has 0 bridgehead atoms. The van der Waals surface area contributed by atoms with E-state index >= 15 is 8.78 Å². The van der Waals surface area contributed by atoms with E-state index in [2.05, 4.69) is 0 Å². The van der Waals surface area contributed by atoms with Crippen molar-refractivity contribution in [2.24, 2.45) is 0 Å². The van der Waals surface area contributed by atoms with Crippen molar-refractivity contribution >= 4 is 19.3 Å². The van der Waals surface area contributed by atoms with Crippen LogP contribution in [0, 0.1) is 0 Å². The molecule has 4 aromatic carbocycles. The van der Waals surface area contributed by atoms with Crippen LogP contribution in [0.4, 0.5) is 8.78 Å². The number of Topliss-reactive ketones (excluding diaryl/α,β-unsaturated/α-hetero) is 1. The third-order valence-corrected chi connectivity index (χ3v) is 10.1. The molecule has 0 N–H and O–H groups in total. The van der Waals surface area contributed by atoms with Gasteiger partial charge in [-0.2, -0.15) is 8.78 Å². The highest BCUT2D eigenvalue weighted by Gasteiger charge is 2.58. The van der Waals surface area contributed by atoms with Gasteiger partial charge in [-0.1, -0.05) is 97.1 Å². The smallest absolute Gasteiger partial charge is 0.405 e. The van der Waals surface area contributed by atoms with Gasteiger partial charge in [0.1, 0.15) is 0 Å². The Kier molecular flexibility index (Phi) is 10.9. The molecule has 1 atom stereocenters. The van der Waals surface area contributed by atoms with Crippen molar-refractivity contribution in [1.82, 2.24) is 0 Å². The summed E-state index contributed by atoms with van der Waals surface area (Å²) in [6.07, 6.45) is 0.405. The molecule has 0 saturated heterocycles. The standard InChI is InChI=1S/C39H43F2O6P/c1-36(2,3)46-48(44,47-37(4,5)6)39(40,41)33-24-20-29(21-25-33)27-38(32-16-12-9-13-17-32,34(42)30-14-10-8-11-15-30)26-28-18-22-31(23-19-28)35(43)45-7/h8-25H,26-27H2,1-7H3. The number of methoxy groups -OCH3 is 1. The Labute approximate surface area is 282 Å². The van der Waals surface area contributed by atoms with Gasteiger partial charge in [0.25, 0.3) is 0 Å². The normalized spacial score (nSPS) is 13.9. The predicted molar refractivity (Wildman–Crippen MR) is 184 cm³/mol. The van der Waals surface area contributed by atoms with Crippen LogP contribution >= 0.6 is 7.60 Å². The fourth-order valence-electron chi connectivity index (χ4n) is 5.59. The van der Waals surface area contributed by atoms with Gasteiger partial charge in [0.05, 0.1) is 29.3 Å². The molecule has 0 aliphatic rings. The SMILES string of the molecule is COC(=O)c1ccc(CC(Cc2ccc(C(F)(F)P(=O)(OC(C)(C)C)OC(C)(C)C)cc2)(C(=O)c2ccccc2)c2ccccc2)cc1. The van der Waals surface area contributed by atoms with Crippen molar-refractivity contribution < 1.29 is 36.7 Å². The molecule has 0 aliphatic carbocycles. The topological polar surface area (TPSA) is 78.9 Å². The molecule has 254 valence electrons. The van der Waals surface area contributed by atoms with E-state index in [0.717, 1.165) is 11.1 Å². The minimum absolute atomic E-state index is 0.151. The van der Waals surface area contributed by atoms with E-state index in [9.17, 15) is 14.2 Å². The van der Waals surface area contributed by atoms with Crippen molar-refractivity contribution in [1.29, 1.82) is 0 Å². The van der Waals surface area contributed by atoms with Crippen LogP contribution in [-0.4, -0.2) is 30.1 Å². The third-order valence-electron chi connectivity index (χ3n) is 7.62. The fourth-order valence-corrected chi connectivity index (χ4v) is 7.76. The van der Waals surface area contributed by atoms with Crippen LogP contribution in [0.1, 0.15) is 84.5 Å². The first-order valence-corrected chi connectivity index (χ1v) is 17.2. The molecule has 4 aromatic rings. The van der Waals surface area contributed by atoms with Gasteiger partial charge in [0.15, 0.2) is 5.78 Å². The first-order chi connectivity index (χ1) is 22.4. The van der Waals surface area contributed by atoms with Crippen LogP contribution in [0.2, 0.25) is 0 Å². The first kappa shape index (κ1) is 36.9. The molecule has 0 heterocycles. The molecule has 4 rings (SSSR count). The second kappa shape index (κ2) is 14.3. The Hall–Kier alpha value is -3.97. The second-order valence-electron chi connectivity index (χ2n) is 13.8. The van der Waals surface area contributed by atoms with Crippen molar-refractivity contribution in [2.75, 3.05) is 7.11 Å². The zero-order chi connectivity index (χ0) is 35.4. The molecule has 0 spiro atoms. The van der Waals surface area contributed by atoms with Gasteiger partial charge < -0.3 is 4.74 Å². The van der Waals surface area contributed by atoms with Gasteiger partial charge >= 0.3 is 19.2 Å². The van der Waals surface area contributed by atoms with Crippen LogP contribution in [-0.2, 0) is 42.3 Å². The summed E-state index contributed by atoms with van der Waals surface area (Å²) in [5, 5.41) is 0. The zero-order valence-corrected chi connectivity index (χ0v) is 29.4. The van der Waals surface area contributed by atoms with E-state index in [1.54, 1.807) is 90.1 Å². The molecule has 0 amide bonds. The number of hydrogen-bond acceptors (Lipinski definition) is 6. The third kappa shape index (κ3) is 8.54. The Morgan fingerprint density at radius 2 is 1.04 bits per heavy atom. The van der Waals surface area contributed by atoms with Crippen molar-refractivity contribution in [3.05, 3.63) is 143 Å². The fraction of sp³-hybridized carbons (Fsp3) is 0.333. The Balaban J connectivity index is 1.82. The summed E-state index contributed by atoms with van der Waals surface area (Å²) >= 11 is 0. The number of alkyl halides is 2. The number of benzene rings is 4. The molecule has 0 aromatic heterocycles. The molecule has 48 heavy (non-hydrogen) atoms. The molecule has 0 fully saturated rings. The maximum Gasteiger partial charge on any atom is 0.405 e. The lowest BCUT2D eigenvalue weighted by Crippen LogP contribution is -2.40. The van der Waals surface area contributed by atoms with E-state index in [1.807, 2.05) is 36.4 Å². The second-order valence-corrected chi connectivity index (χ2v) is 15.8. The van der Waals surface area contributed by atoms with Gasteiger partial charge in [-0.3, -0.25) is 18.4 Å². The largest absolute Gasteiger partial charge is 0.465 e. The van der Waals surface area contributed by atoms with Gasteiger partial charge in [0, 0.05) is 11.1 Å². The highest BCUT2D eigenvalue weighted by Crippen LogP contribution is 2.69. The highest BCUT2D eigenvalue weighted by molar-refractivity contribution is 7.54. The lowest BCUT2D eigenvalue weighted by atomic mass is 9.67. The quantitative estimate of drug-likeness (QED) is 0.0845. The summed E-state index contributed by atoms with van der Waals surface area (Å²) in [5.41, 5.74) is -5.00. The zero-order valence-electron chi connectivity index (χ0n) is 28.5. The Bertz CT molecular complexity index is 1720. The molecule has 6 nitrogen and oxygen atoms in total. The average Bonchev–Trinajstić information content (AvgIpc) is 3.03. The van der Waals surface area contributed by atoms with Crippen LogP contribution in [0.3, 0.4) is 0 Å². The summed E-state index contributed by atoms with van der Waals surface area (Å²) in [5.74, 6) is -0.624. The van der Waals surface area contributed by atoms with Crippen LogP contribution in [0.5, 0.6) is 0 Å².